The lowest BCUT2D eigenvalue weighted by atomic mass is 10.0. The van der Waals surface area contributed by atoms with E-state index in [9.17, 15) is 4.79 Å². The predicted octanol–water partition coefficient (Wildman–Crippen LogP) is 1.70. The molecule has 1 aliphatic heterocycles. The van der Waals surface area contributed by atoms with E-state index in [1.807, 2.05) is 35.2 Å². The van der Waals surface area contributed by atoms with E-state index < -0.39 is 0 Å². The third-order valence-corrected chi connectivity index (χ3v) is 4.04. The average molecular weight is 300 g/mol. The number of furan rings is 1. The molecule has 2 heterocycles. The van der Waals surface area contributed by atoms with E-state index in [0.717, 1.165) is 24.2 Å². The molecule has 1 N–H and O–H groups in total. The van der Waals surface area contributed by atoms with Crippen LogP contribution in [0, 0.1) is 0 Å². The van der Waals surface area contributed by atoms with Gasteiger partial charge in [0.25, 0.3) is 5.91 Å². The lowest BCUT2D eigenvalue weighted by Gasteiger charge is -2.34. The molecule has 0 unspecified atom stereocenters. The van der Waals surface area contributed by atoms with Crippen molar-refractivity contribution in [3.05, 3.63) is 48.4 Å². The van der Waals surface area contributed by atoms with E-state index in [4.69, 9.17) is 9.52 Å². The standard InChI is InChI=1S/C17H20N2O3/c20-10-9-18-5-7-19(8-6-18)17(21)15-3-1-2-14(12-15)16-4-11-22-13-16/h1-4,11-13,20H,5-10H2. The summed E-state index contributed by atoms with van der Waals surface area (Å²) in [6, 6.07) is 9.52. The number of aliphatic hydroxyl groups is 1. The molecular formula is C17H20N2O3. The molecular weight excluding hydrogens is 280 g/mol. The van der Waals surface area contributed by atoms with E-state index in [1.54, 1.807) is 12.5 Å². The van der Waals surface area contributed by atoms with Gasteiger partial charge in [-0.3, -0.25) is 9.69 Å². The van der Waals surface area contributed by atoms with Crippen LogP contribution in [0.25, 0.3) is 11.1 Å². The first-order chi connectivity index (χ1) is 10.8. The molecule has 0 bridgehead atoms. The Morgan fingerprint density at radius 2 is 1.95 bits per heavy atom. The first-order valence-electron chi connectivity index (χ1n) is 7.53. The van der Waals surface area contributed by atoms with Crippen molar-refractivity contribution in [1.29, 1.82) is 0 Å². The SMILES string of the molecule is O=C(c1cccc(-c2ccoc2)c1)N1CCN(CCO)CC1. The zero-order chi connectivity index (χ0) is 15.4. The molecule has 116 valence electrons. The number of amides is 1. The zero-order valence-electron chi connectivity index (χ0n) is 12.4. The van der Waals surface area contributed by atoms with Crippen LogP contribution in [0.15, 0.2) is 47.3 Å². The van der Waals surface area contributed by atoms with Gasteiger partial charge in [-0.05, 0) is 23.8 Å². The predicted molar refractivity (Wildman–Crippen MR) is 83.6 cm³/mol. The third kappa shape index (κ3) is 3.21. The summed E-state index contributed by atoms with van der Waals surface area (Å²) >= 11 is 0. The summed E-state index contributed by atoms with van der Waals surface area (Å²) in [6.45, 7) is 3.88. The number of piperazine rings is 1. The van der Waals surface area contributed by atoms with Crippen LogP contribution in [0.1, 0.15) is 10.4 Å². The van der Waals surface area contributed by atoms with Crippen molar-refractivity contribution >= 4 is 5.91 Å². The van der Waals surface area contributed by atoms with Crippen LogP contribution in [0.2, 0.25) is 0 Å². The van der Waals surface area contributed by atoms with E-state index >= 15 is 0 Å². The number of benzene rings is 1. The number of rotatable bonds is 4. The number of nitrogens with zero attached hydrogens (tertiary/aromatic N) is 2. The molecule has 0 atom stereocenters. The number of hydrogen-bond acceptors (Lipinski definition) is 4. The molecule has 0 aliphatic carbocycles. The lowest BCUT2D eigenvalue weighted by molar-refractivity contribution is 0.0615. The molecule has 0 saturated carbocycles. The normalized spacial score (nSPS) is 16.0. The van der Waals surface area contributed by atoms with Crippen molar-refractivity contribution in [1.82, 2.24) is 9.80 Å². The summed E-state index contributed by atoms with van der Waals surface area (Å²) in [5, 5.41) is 8.96. The first-order valence-corrected chi connectivity index (χ1v) is 7.53. The van der Waals surface area contributed by atoms with Crippen LogP contribution in [0.4, 0.5) is 0 Å². The van der Waals surface area contributed by atoms with Gasteiger partial charge in [-0.15, -0.1) is 0 Å². The molecule has 5 heteroatoms. The van der Waals surface area contributed by atoms with Crippen molar-refractivity contribution in [2.24, 2.45) is 0 Å². The van der Waals surface area contributed by atoms with Crippen LogP contribution < -0.4 is 0 Å². The van der Waals surface area contributed by atoms with Gasteiger partial charge < -0.3 is 14.4 Å². The summed E-state index contributed by atoms with van der Waals surface area (Å²) in [5.41, 5.74) is 2.66. The Morgan fingerprint density at radius 3 is 2.64 bits per heavy atom. The molecule has 1 amide bonds. The van der Waals surface area contributed by atoms with Crippen molar-refractivity contribution < 1.29 is 14.3 Å². The van der Waals surface area contributed by atoms with E-state index in [0.29, 0.717) is 25.2 Å². The van der Waals surface area contributed by atoms with Gasteiger partial charge >= 0.3 is 0 Å². The Kier molecular flexibility index (Phi) is 4.56. The molecule has 3 rings (SSSR count). The second kappa shape index (κ2) is 6.77. The van der Waals surface area contributed by atoms with Crippen molar-refractivity contribution in [2.45, 2.75) is 0 Å². The molecule has 0 spiro atoms. The molecule has 0 radical (unpaired) electrons. The highest BCUT2D eigenvalue weighted by molar-refractivity contribution is 5.95. The Hall–Kier alpha value is -2.11. The maximum atomic E-state index is 12.6. The third-order valence-electron chi connectivity index (χ3n) is 4.04. The number of aliphatic hydroxyl groups excluding tert-OH is 1. The lowest BCUT2D eigenvalue weighted by Crippen LogP contribution is -2.49. The van der Waals surface area contributed by atoms with Crippen molar-refractivity contribution in [2.75, 3.05) is 39.3 Å². The summed E-state index contributed by atoms with van der Waals surface area (Å²) in [4.78, 5) is 16.7. The number of hydrogen-bond donors (Lipinski definition) is 1. The highest BCUT2D eigenvalue weighted by Gasteiger charge is 2.21. The van der Waals surface area contributed by atoms with E-state index in [-0.39, 0.29) is 12.5 Å². The van der Waals surface area contributed by atoms with Gasteiger partial charge in [-0.2, -0.15) is 0 Å². The number of carbonyl (C=O) groups is 1. The molecule has 2 aromatic rings. The van der Waals surface area contributed by atoms with Gasteiger partial charge in [-0.1, -0.05) is 12.1 Å². The summed E-state index contributed by atoms with van der Waals surface area (Å²) < 4.78 is 5.10. The van der Waals surface area contributed by atoms with Crippen molar-refractivity contribution in [3.63, 3.8) is 0 Å². The first kappa shape index (κ1) is 14.8. The van der Waals surface area contributed by atoms with Crippen LogP contribution in [-0.2, 0) is 0 Å². The molecule has 1 aromatic heterocycles. The Bertz CT molecular complexity index is 617. The average Bonchev–Trinajstić information content (AvgIpc) is 3.10. The van der Waals surface area contributed by atoms with Gasteiger partial charge in [0.15, 0.2) is 0 Å². The minimum absolute atomic E-state index is 0.0639. The van der Waals surface area contributed by atoms with Gasteiger partial charge in [-0.25, -0.2) is 0 Å². The van der Waals surface area contributed by atoms with Gasteiger partial charge in [0, 0.05) is 43.9 Å². The van der Waals surface area contributed by atoms with Gasteiger partial charge in [0.2, 0.25) is 0 Å². The highest BCUT2D eigenvalue weighted by Crippen LogP contribution is 2.21. The van der Waals surface area contributed by atoms with E-state index in [2.05, 4.69) is 4.90 Å². The van der Waals surface area contributed by atoms with Gasteiger partial charge in [0.1, 0.15) is 0 Å². The monoisotopic (exact) mass is 300 g/mol. The Labute approximate surface area is 129 Å². The second-order valence-corrected chi connectivity index (χ2v) is 5.45. The Balaban J connectivity index is 1.69. The van der Waals surface area contributed by atoms with E-state index in [1.165, 1.54) is 0 Å². The van der Waals surface area contributed by atoms with Crippen LogP contribution in [0.3, 0.4) is 0 Å². The summed E-state index contributed by atoms with van der Waals surface area (Å²) in [7, 11) is 0. The molecule has 1 saturated heterocycles. The minimum Gasteiger partial charge on any atom is -0.472 e. The number of carbonyl (C=O) groups excluding carboxylic acids is 1. The maximum absolute atomic E-state index is 12.6. The fourth-order valence-electron chi connectivity index (χ4n) is 2.76. The quantitative estimate of drug-likeness (QED) is 0.933. The molecule has 22 heavy (non-hydrogen) atoms. The summed E-state index contributed by atoms with van der Waals surface area (Å²) in [5.74, 6) is 0.0639. The fourth-order valence-corrected chi connectivity index (χ4v) is 2.76. The summed E-state index contributed by atoms with van der Waals surface area (Å²) in [6.07, 6.45) is 3.31. The largest absolute Gasteiger partial charge is 0.472 e. The maximum Gasteiger partial charge on any atom is 0.253 e. The smallest absolute Gasteiger partial charge is 0.253 e. The van der Waals surface area contributed by atoms with Crippen molar-refractivity contribution in [3.8, 4) is 11.1 Å². The molecule has 1 fully saturated rings. The molecule has 5 nitrogen and oxygen atoms in total. The molecule has 1 aromatic carbocycles. The minimum atomic E-state index is 0.0639. The highest BCUT2D eigenvalue weighted by atomic mass is 16.3. The fraction of sp³-hybridized carbons (Fsp3) is 0.353. The second-order valence-electron chi connectivity index (χ2n) is 5.45. The topological polar surface area (TPSA) is 56.9 Å². The molecule has 1 aliphatic rings. The number of β-amino-alcohol motifs (C(OH)–C–C–N with tert-alkyl or cyclic N) is 1. The van der Waals surface area contributed by atoms with Gasteiger partial charge in [0.05, 0.1) is 19.1 Å². The van der Waals surface area contributed by atoms with Crippen LogP contribution >= 0.6 is 0 Å². The Morgan fingerprint density at radius 1 is 1.14 bits per heavy atom. The van der Waals surface area contributed by atoms with Crippen LogP contribution in [-0.4, -0.2) is 60.1 Å². The zero-order valence-corrected chi connectivity index (χ0v) is 12.4. The van der Waals surface area contributed by atoms with Crippen LogP contribution in [0.5, 0.6) is 0 Å².